The van der Waals surface area contributed by atoms with Gasteiger partial charge in [-0.1, -0.05) is 41.7 Å². The monoisotopic (exact) mass is 537 g/mol. The Morgan fingerprint density at radius 2 is 1.84 bits per heavy atom. The Morgan fingerprint density at radius 3 is 2.62 bits per heavy atom. The normalized spacial score (nSPS) is 11.2. The van der Waals surface area contributed by atoms with E-state index in [2.05, 4.69) is 4.90 Å². The summed E-state index contributed by atoms with van der Waals surface area (Å²) in [6, 6.07) is 18.9. The lowest BCUT2D eigenvalue weighted by Gasteiger charge is -2.20. The molecule has 192 valence electrons. The Balaban J connectivity index is 0.00000320. The summed E-state index contributed by atoms with van der Waals surface area (Å²) in [5.41, 5.74) is 0.580. The summed E-state index contributed by atoms with van der Waals surface area (Å²) in [4.78, 5) is 35.2. The molecule has 0 saturated carbocycles. The molecule has 2 heterocycles. The zero-order valence-corrected chi connectivity index (χ0v) is 22.5. The van der Waals surface area contributed by atoms with Crippen LogP contribution in [0.2, 0.25) is 0 Å². The van der Waals surface area contributed by atoms with Crippen LogP contribution in [0.15, 0.2) is 69.9 Å². The molecular formula is C28H28ClN3O4S. The molecule has 0 aliphatic rings. The van der Waals surface area contributed by atoms with Crippen molar-refractivity contribution in [2.75, 3.05) is 38.7 Å². The number of thiazole rings is 1. The van der Waals surface area contributed by atoms with Crippen molar-refractivity contribution in [1.29, 1.82) is 0 Å². The zero-order chi connectivity index (χ0) is 25.2. The largest absolute Gasteiger partial charge is 0.494 e. The minimum Gasteiger partial charge on any atom is -0.494 e. The minimum absolute atomic E-state index is 0. The predicted molar refractivity (Wildman–Crippen MR) is 153 cm³/mol. The van der Waals surface area contributed by atoms with Crippen LogP contribution in [0.1, 0.15) is 23.7 Å². The molecule has 0 N–H and O–H groups in total. The van der Waals surface area contributed by atoms with E-state index in [-0.39, 0.29) is 18.0 Å². The molecule has 0 radical (unpaired) electrons. The van der Waals surface area contributed by atoms with Crippen LogP contribution >= 0.6 is 23.7 Å². The molecule has 0 aliphatic heterocycles. The van der Waals surface area contributed by atoms with Crippen LogP contribution in [0, 0.1) is 0 Å². The number of ether oxygens (including phenoxy) is 1. The van der Waals surface area contributed by atoms with Gasteiger partial charge in [-0.05, 0) is 75.1 Å². The van der Waals surface area contributed by atoms with Crippen molar-refractivity contribution in [3.63, 3.8) is 0 Å². The second-order valence-corrected chi connectivity index (χ2v) is 9.83. The van der Waals surface area contributed by atoms with Gasteiger partial charge in [-0.25, -0.2) is 9.78 Å². The van der Waals surface area contributed by atoms with Gasteiger partial charge in [0.25, 0.3) is 5.91 Å². The van der Waals surface area contributed by atoms with Crippen LogP contribution in [0.4, 0.5) is 5.13 Å². The third kappa shape index (κ3) is 5.46. The number of hydrogen-bond acceptors (Lipinski definition) is 7. The first-order chi connectivity index (χ1) is 17.4. The number of fused-ring (bicyclic) bond motifs is 4. The minimum atomic E-state index is -0.653. The van der Waals surface area contributed by atoms with Crippen LogP contribution in [0.3, 0.4) is 0 Å². The molecule has 9 heteroatoms. The van der Waals surface area contributed by atoms with E-state index in [1.54, 1.807) is 17.0 Å². The number of nitrogens with zero attached hydrogens (tertiary/aromatic N) is 3. The van der Waals surface area contributed by atoms with E-state index in [4.69, 9.17) is 14.1 Å². The van der Waals surface area contributed by atoms with Gasteiger partial charge in [-0.15, -0.1) is 12.4 Å². The third-order valence-electron chi connectivity index (χ3n) is 6.00. The molecule has 5 aromatic rings. The van der Waals surface area contributed by atoms with Crippen LogP contribution in [-0.4, -0.2) is 49.6 Å². The summed E-state index contributed by atoms with van der Waals surface area (Å²) in [6.45, 7) is 3.72. The Morgan fingerprint density at radius 1 is 1.03 bits per heavy atom. The highest BCUT2D eigenvalue weighted by atomic mass is 35.5. The molecule has 3 aromatic carbocycles. The average molecular weight is 538 g/mol. The van der Waals surface area contributed by atoms with E-state index in [1.165, 1.54) is 11.3 Å². The summed E-state index contributed by atoms with van der Waals surface area (Å²) >= 11 is 1.41. The molecule has 0 spiro atoms. The smallest absolute Gasteiger partial charge is 0.349 e. The molecule has 37 heavy (non-hydrogen) atoms. The Hall–Kier alpha value is -3.46. The quantitative estimate of drug-likeness (QED) is 0.179. The lowest BCUT2D eigenvalue weighted by atomic mass is 10.0. The number of carbonyl (C=O) groups excluding carboxylic acids is 1. The fourth-order valence-corrected chi connectivity index (χ4v) is 5.28. The molecule has 0 bridgehead atoms. The van der Waals surface area contributed by atoms with Gasteiger partial charge in [0.2, 0.25) is 0 Å². The number of hydrogen-bond donors (Lipinski definition) is 0. The van der Waals surface area contributed by atoms with E-state index in [0.29, 0.717) is 23.9 Å². The van der Waals surface area contributed by atoms with Crippen molar-refractivity contribution < 1.29 is 13.9 Å². The lowest BCUT2D eigenvalue weighted by Crippen LogP contribution is -2.36. The fraction of sp³-hybridized carbons (Fsp3) is 0.250. The van der Waals surface area contributed by atoms with Crippen molar-refractivity contribution >= 4 is 66.7 Å². The summed E-state index contributed by atoms with van der Waals surface area (Å²) < 4.78 is 12.1. The molecule has 1 amide bonds. The second kappa shape index (κ2) is 11.3. The van der Waals surface area contributed by atoms with Crippen molar-refractivity contribution in [1.82, 2.24) is 9.88 Å². The number of rotatable bonds is 8. The van der Waals surface area contributed by atoms with Crippen LogP contribution in [-0.2, 0) is 0 Å². The molecule has 0 saturated heterocycles. The highest BCUT2D eigenvalue weighted by molar-refractivity contribution is 7.22. The number of amides is 1. The SMILES string of the molecule is CCOc1ccc2nc(N(CCCN(C)C)C(=O)c3cc4c(ccc5ccccc54)oc3=O)sc2c1.Cl. The molecule has 0 aliphatic carbocycles. The van der Waals surface area contributed by atoms with Gasteiger partial charge in [0.1, 0.15) is 16.9 Å². The van der Waals surface area contributed by atoms with Gasteiger partial charge in [-0.3, -0.25) is 9.69 Å². The van der Waals surface area contributed by atoms with E-state index in [0.717, 1.165) is 45.1 Å². The Labute approximate surface area is 224 Å². The Kier molecular flexibility index (Phi) is 8.12. The Bertz CT molecular complexity index is 1630. The summed E-state index contributed by atoms with van der Waals surface area (Å²) in [7, 11) is 3.98. The average Bonchev–Trinajstić information content (AvgIpc) is 3.29. The van der Waals surface area contributed by atoms with Gasteiger partial charge in [-0.2, -0.15) is 0 Å². The summed E-state index contributed by atoms with van der Waals surface area (Å²) in [5, 5.41) is 3.21. The number of carbonyl (C=O) groups is 1. The number of halogens is 1. The standard InChI is InChI=1S/C28H27N3O4S.ClH/c1-4-34-19-11-12-23-25(16-19)36-28(29-23)31(15-7-14-30(2)3)26(32)22-17-21-20-9-6-5-8-18(20)10-13-24(21)35-27(22)33;/h5-6,8-13,16-17H,4,7,14-15H2,1-3H3;1H. The molecular weight excluding hydrogens is 510 g/mol. The number of anilines is 1. The highest BCUT2D eigenvalue weighted by Gasteiger charge is 2.25. The van der Waals surface area contributed by atoms with Gasteiger partial charge in [0.15, 0.2) is 5.13 Å². The topological polar surface area (TPSA) is 75.9 Å². The van der Waals surface area contributed by atoms with Crippen LogP contribution in [0.25, 0.3) is 32.0 Å². The third-order valence-corrected chi connectivity index (χ3v) is 7.04. The van der Waals surface area contributed by atoms with E-state index in [9.17, 15) is 9.59 Å². The van der Waals surface area contributed by atoms with E-state index in [1.807, 2.05) is 69.6 Å². The predicted octanol–water partition coefficient (Wildman–Crippen LogP) is 5.97. The van der Waals surface area contributed by atoms with Gasteiger partial charge in [0.05, 0.1) is 16.8 Å². The second-order valence-electron chi connectivity index (χ2n) is 8.82. The first-order valence-corrected chi connectivity index (χ1v) is 12.7. The lowest BCUT2D eigenvalue weighted by molar-refractivity contribution is 0.0982. The molecule has 0 fully saturated rings. The van der Waals surface area contributed by atoms with Gasteiger partial charge >= 0.3 is 5.63 Å². The van der Waals surface area contributed by atoms with Crippen LogP contribution in [0.5, 0.6) is 5.75 Å². The van der Waals surface area contributed by atoms with E-state index >= 15 is 0 Å². The fourth-order valence-electron chi connectivity index (χ4n) is 4.26. The molecule has 7 nitrogen and oxygen atoms in total. The maximum Gasteiger partial charge on any atom is 0.349 e. The number of aromatic nitrogens is 1. The highest BCUT2D eigenvalue weighted by Crippen LogP contribution is 2.33. The summed E-state index contributed by atoms with van der Waals surface area (Å²) in [6.07, 6.45) is 0.723. The van der Waals surface area contributed by atoms with Crippen LogP contribution < -0.4 is 15.3 Å². The van der Waals surface area contributed by atoms with Crippen molar-refractivity contribution in [3.05, 3.63) is 76.6 Å². The first kappa shape index (κ1) is 26.6. The van der Waals surface area contributed by atoms with Crippen molar-refractivity contribution in [3.8, 4) is 5.75 Å². The summed E-state index contributed by atoms with van der Waals surface area (Å²) in [5.74, 6) is 0.342. The van der Waals surface area contributed by atoms with Gasteiger partial charge in [0, 0.05) is 11.9 Å². The molecule has 0 atom stereocenters. The maximum absolute atomic E-state index is 13.9. The van der Waals surface area contributed by atoms with Crippen molar-refractivity contribution in [2.24, 2.45) is 0 Å². The van der Waals surface area contributed by atoms with E-state index < -0.39 is 11.5 Å². The number of benzene rings is 3. The first-order valence-electron chi connectivity index (χ1n) is 11.9. The molecule has 5 rings (SSSR count). The molecule has 2 aromatic heterocycles. The van der Waals surface area contributed by atoms with Crippen molar-refractivity contribution in [2.45, 2.75) is 13.3 Å². The zero-order valence-electron chi connectivity index (χ0n) is 20.9. The van der Waals surface area contributed by atoms with Gasteiger partial charge < -0.3 is 14.1 Å². The molecule has 0 unspecified atom stereocenters. The maximum atomic E-state index is 13.9.